The second-order valence-corrected chi connectivity index (χ2v) is 3.80. The van der Waals surface area contributed by atoms with Gasteiger partial charge in [0.2, 0.25) is 0 Å². The molecule has 0 bridgehead atoms. The van der Waals surface area contributed by atoms with Crippen molar-refractivity contribution < 1.29 is 24.1 Å². The lowest BCUT2D eigenvalue weighted by Gasteiger charge is -2.32. The maximum atomic E-state index is 10.9. The van der Waals surface area contributed by atoms with Gasteiger partial charge in [0.25, 0.3) is 0 Å². The van der Waals surface area contributed by atoms with Crippen LogP contribution >= 0.6 is 0 Å². The number of amides is 1. The summed E-state index contributed by atoms with van der Waals surface area (Å²) in [6.45, 7) is 0.0178. The lowest BCUT2D eigenvalue weighted by molar-refractivity contribution is -0.0205. The van der Waals surface area contributed by atoms with Crippen molar-refractivity contribution in [3.63, 3.8) is 0 Å². The van der Waals surface area contributed by atoms with Crippen molar-refractivity contribution in [3.8, 4) is 37.0 Å². The molecule has 0 rings (SSSR count). The van der Waals surface area contributed by atoms with Crippen LogP contribution in [0.3, 0.4) is 0 Å². The SMILES string of the molecule is C#CCOCC(COCC#C)(COCC#C)NC(=O)O. The standard InChI is InChI=1S/C14H17NO5/c1-4-7-18-10-14(15-13(16)17,11-19-8-5-2)12-20-9-6-3/h1-3,15H,7-12H2,(H,16,17). The molecule has 0 aromatic rings. The molecule has 0 aliphatic carbocycles. The summed E-state index contributed by atoms with van der Waals surface area (Å²) < 4.78 is 15.6. The Morgan fingerprint density at radius 1 is 0.950 bits per heavy atom. The van der Waals surface area contributed by atoms with Gasteiger partial charge >= 0.3 is 6.09 Å². The fourth-order valence-electron chi connectivity index (χ4n) is 1.38. The molecule has 0 unspecified atom stereocenters. The molecule has 0 radical (unpaired) electrons. The number of rotatable bonds is 10. The maximum Gasteiger partial charge on any atom is 0.405 e. The Kier molecular flexibility index (Phi) is 9.56. The molecule has 108 valence electrons. The third kappa shape index (κ3) is 8.02. The molecule has 0 atom stereocenters. The third-order valence-corrected chi connectivity index (χ3v) is 2.06. The number of carboxylic acid groups (broad SMARTS) is 1. The Hall–Kier alpha value is -2.17. The summed E-state index contributed by atoms with van der Waals surface area (Å²) in [4.78, 5) is 10.9. The first-order valence-electron chi connectivity index (χ1n) is 5.65. The monoisotopic (exact) mass is 279 g/mol. The van der Waals surface area contributed by atoms with Crippen molar-refractivity contribution in [1.29, 1.82) is 0 Å². The molecule has 0 aliphatic rings. The predicted molar refractivity (Wildman–Crippen MR) is 72.8 cm³/mol. The lowest BCUT2D eigenvalue weighted by atomic mass is 10.0. The highest BCUT2D eigenvalue weighted by Gasteiger charge is 2.33. The molecule has 0 saturated carbocycles. The number of ether oxygens (including phenoxy) is 3. The molecule has 6 heteroatoms. The van der Waals surface area contributed by atoms with Gasteiger partial charge in [-0.2, -0.15) is 0 Å². The van der Waals surface area contributed by atoms with Crippen LogP contribution in [0.2, 0.25) is 0 Å². The van der Waals surface area contributed by atoms with E-state index in [0.717, 1.165) is 0 Å². The van der Waals surface area contributed by atoms with E-state index >= 15 is 0 Å². The summed E-state index contributed by atoms with van der Waals surface area (Å²) in [7, 11) is 0. The van der Waals surface area contributed by atoms with Crippen LogP contribution in [-0.2, 0) is 14.2 Å². The van der Waals surface area contributed by atoms with Gasteiger partial charge < -0.3 is 24.6 Å². The molecule has 0 heterocycles. The van der Waals surface area contributed by atoms with Gasteiger partial charge in [0.15, 0.2) is 0 Å². The van der Waals surface area contributed by atoms with Crippen LogP contribution in [-0.4, -0.2) is 56.4 Å². The summed E-state index contributed by atoms with van der Waals surface area (Å²) in [5.41, 5.74) is -1.13. The van der Waals surface area contributed by atoms with E-state index in [0.29, 0.717) is 0 Å². The quantitative estimate of drug-likeness (QED) is 0.433. The molecule has 0 aromatic heterocycles. The van der Waals surface area contributed by atoms with Crippen LogP contribution in [0.15, 0.2) is 0 Å². The normalized spacial score (nSPS) is 10.1. The molecular formula is C14H17NO5. The molecule has 2 N–H and O–H groups in total. The Labute approximate surface area is 118 Å². The largest absolute Gasteiger partial charge is 0.465 e. The van der Waals surface area contributed by atoms with Gasteiger partial charge in [-0.1, -0.05) is 17.8 Å². The number of carbonyl (C=O) groups is 1. The molecular weight excluding hydrogens is 262 g/mol. The highest BCUT2D eigenvalue weighted by atomic mass is 16.5. The second kappa shape index (κ2) is 10.7. The average Bonchev–Trinajstić information content (AvgIpc) is 2.39. The highest BCUT2D eigenvalue weighted by molar-refractivity contribution is 5.65. The van der Waals surface area contributed by atoms with E-state index in [2.05, 4.69) is 23.1 Å². The fourth-order valence-corrected chi connectivity index (χ4v) is 1.38. The zero-order chi connectivity index (χ0) is 15.3. The van der Waals surface area contributed by atoms with Gasteiger partial charge in [-0.15, -0.1) is 19.3 Å². The van der Waals surface area contributed by atoms with Crippen molar-refractivity contribution in [2.75, 3.05) is 39.6 Å². The van der Waals surface area contributed by atoms with Crippen molar-refractivity contribution in [2.24, 2.45) is 0 Å². The first kappa shape index (κ1) is 17.8. The average molecular weight is 279 g/mol. The van der Waals surface area contributed by atoms with E-state index in [-0.39, 0.29) is 39.6 Å². The smallest absolute Gasteiger partial charge is 0.405 e. The molecule has 0 aromatic carbocycles. The van der Waals surface area contributed by atoms with Crippen LogP contribution in [0.5, 0.6) is 0 Å². The van der Waals surface area contributed by atoms with E-state index in [4.69, 9.17) is 38.6 Å². The Balaban J connectivity index is 4.76. The minimum absolute atomic E-state index is 0.0291. The van der Waals surface area contributed by atoms with E-state index in [1.165, 1.54) is 0 Å². The van der Waals surface area contributed by atoms with Crippen LogP contribution < -0.4 is 5.32 Å². The van der Waals surface area contributed by atoms with Gasteiger partial charge in [0.05, 0.1) is 19.8 Å². The highest BCUT2D eigenvalue weighted by Crippen LogP contribution is 2.09. The Morgan fingerprint density at radius 2 is 1.30 bits per heavy atom. The van der Waals surface area contributed by atoms with Crippen molar-refractivity contribution >= 4 is 6.09 Å². The van der Waals surface area contributed by atoms with Gasteiger partial charge in [-0.3, -0.25) is 0 Å². The molecule has 1 amide bonds. The topological polar surface area (TPSA) is 77.0 Å². The number of hydrogen-bond donors (Lipinski definition) is 2. The molecule has 0 saturated heterocycles. The van der Waals surface area contributed by atoms with Gasteiger partial charge in [-0.25, -0.2) is 4.79 Å². The van der Waals surface area contributed by atoms with Gasteiger partial charge in [0.1, 0.15) is 25.4 Å². The van der Waals surface area contributed by atoms with Crippen molar-refractivity contribution in [2.45, 2.75) is 5.54 Å². The molecule has 0 fully saturated rings. The van der Waals surface area contributed by atoms with Crippen LogP contribution in [0, 0.1) is 37.0 Å². The zero-order valence-electron chi connectivity index (χ0n) is 11.1. The molecule has 20 heavy (non-hydrogen) atoms. The fraction of sp³-hybridized carbons (Fsp3) is 0.500. The lowest BCUT2D eigenvalue weighted by Crippen LogP contribution is -2.58. The maximum absolute atomic E-state index is 10.9. The zero-order valence-corrected chi connectivity index (χ0v) is 11.1. The number of terminal acetylenes is 3. The van der Waals surface area contributed by atoms with Crippen molar-refractivity contribution in [3.05, 3.63) is 0 Å². The Morgan fingerprint density at radius 3 is 1.55 bits per heavy atom. The van der Waals surface area contributed by atoms with Crippen LogP contribution in [0.25, 0.3) is 0 Å². The van der Waals surface area contributed by atoms with E-state index < -0.39 is 11.6 Å². The van der Waals surface area contributed by atoms with Crippen molar-refractivity contribution in [1.82, 2.24) is 5.32 Å². The first-order valence-corrected chi connectivity index (χ1v) is 5.65. The summed E-state index contributed by atoms with van der Waals surface area (Å²) in [5, 5.41) is 11.2. The van der Waals surface area contributed by atoms with E-state index in [1.807, 2.05) is 0 Å². The third-order valence-electron chi connectivity index (χ3n) is 2.06. The van der Waals surface area contributed by atoms with Gasteiger partial charge in [-0.05, 0) is 0 Å². The minimum atomic E-state index is -1.25. The number of nitrogens with one attached hydrogen (secondary N) is 1. The van der Waals surface area contributed by atoms with Crippen LogP contribution in [0.1, 0.15) is 0 Å². The summed E-state index contributed by atoms with van der Waals surface area (Å²) in [5.74, 6) is 6.85. The predicted octanol–water partition coefficient (Wildman–Crippen LogP) is -0.0578. The van der Waals surface area contributed by atoms with Crippen LogP contribution in [0.4, 0.5) is 4.79 Å². The van der Waals surface area contributed by atoms with E-state index in [1.54, 1.807) is 0 Å². The Bertz CT molecular complexity index is 362. The molecule has 0 spiro atoms. The van der Waals surface area contributed by atoms with Gasteiger partial charge in [0, 0.05) is 0 Å². The minimum Gasteiger partial charge on any atom is -0.465 e. The molecule has 6 nitrogen and oxygen atoms in total. The number of hydrogen-bond acceptors (Lipinski definition) is 4. The summed E-state index contributed by atoms with van der Waals surface area (Å²) >= 11 is 0. The second-order valence-electron chi connectivity index (χ2n) is 3.80. The summed E-state index contributed by atoms with van der Waals surface area (Å²) in [6, 6.07) is 0. The molecule has 0 aliphatic heterocycles. The van der Waals surface area contributed by atoms with E-state index in [9.17, 15) is 4.79 Å². The summed E-state index contributed by atoms with van der Waals surface area (Å²) in [6.07, 6.45) is 14.0. The first-order chi connectivity index (χ1) is 9.60.